The third kappa shape index (κ3) is 2.78. The van der Waals surface area contributed by atoms with E-state index >= 15 is 0 Å². The van der Waals surface area contributed by atoms with Crippen LogP contribution in [0.2, 0.25) is 0 Å². The predicted molar refractivity (Wildman–Crippen MR) is 113 cm³/mol. The normalized spacial score (nSPS) is 19.0. The number of carbonyl (C=O) groups excluding carboxylic acids is 1. The molecule has 1 heterocycles. The maximum absolute atomic E-state index is 13.3. The van der Waals surface area contributed by atoms with Crippen molar-refractivity contribution in [1.82, 2.24) is 4.90 Å². The molecule has 4 rings (SSSR count). The fourth-order valence-corrected chi connectivity index (χ4v) is 3.93. The highest BCUT2D eigenvalue weighted by Crippen LogP contribution is 2.40. The summed E-state index contributed by atoms with van der Waals surface area (Å²) >= 11 is 0. The van der Waals surface area contributed by atoms with Gasteiger partial charge < -0.3 is 5.73 Å². The maximum atomic E-state index is 13.3. The van der Waals surface area contributed by atoms with Crippen molar-refractivity contribution in [3.63, 3.8) is 0 Å². The summed E-state index contributed by atoms with van der Waals surface area (Å²) in [5.74, 6) is 0.0828. The molecule has 140 valence electrons. The van der Waals surface area contributed by atoms with Crippen molar-refractivity contribution in [3.05, 3.63) is 95.1 Å². The number of guanidine groups is 1. The first kappa shape index (κ1) is 18.0. The molecule has 1 unspecified atom stereocenters. The molecule has 0 saturated carbocycles. The maximum Gasteiger partial charge on any atom is 0.266 e. The second kappa shape index (κ2) is 6.64. The van der Waals surface area contributed by atoms with Gasteiger partial charge in [0.05, 0.1) is 0 Å². The van der Waals surface area contributed by atoms with E-state index in [-0.39, 0.29) is 11.9 Å². The molecule has 4 heteroatoms. The Hall–Kier alpha value is -3.40. The van der Waals surface area contributed by atoms with E-state index in [1.165, 1.54) is 16.0 Å². The molecule has 4 nitrogen and oxygen atoms in total. The van der Waals surface area contributed by atoms with Crippen molar-refractivity contribution < 1.29 is 4.79 Å². The zero-order valence-electron chi connectivity index (χ0n) is 16.3. The average molecular weight is 369 g/mol. The van der Waals surface area contributed by atoms with Crippen LogP contribution in [0.1, 0.15) is 22.3 Å². The lowest BCUT2D eigenvalue weighted by molar-refractivity contribution is -0.129. The number of aryl methyl sites for hydroxylation is 2. The van der Waals surface area contributed by atoms with Crippen LogP contribution in [0.5, 0.6) is 0 Å². The highest BCUT2D eigenvalue weighted by molar-refractivity contribution is 6.09. The van der Waals surface area contributed by atoms with Crippen molar-refractivity contribution in [2.24, 2.45) is 10.7 Å². The molecule has 2 N–H and O–H groups in total. The van der Waals surface area contributed by atoms with Crippen LogP contribution >= 0.6 is 0 Å². The van der Waals surface area contributed by atoms with Gasteiger partial charge in [-0.2, -0.15) is 0 Å². The van der Waals surface area contributed by atoms with Gasteiger partial charge in [-0.25, -0.2) is 4.99 Å². The standard InChI is InChI=1S/C24H23N3O/c1-16-12-17(2)14-19(13-16)18-8-7-11-21(15-18)24(20-9-5-4-6-10-20)22(28)27(3)23(25)26-24/h4-15H,1-3H3,(H2,25,26). The average Bonchev–Trinajstić information content (AvgIpc) is 2.93. The van der Waals surface area contributed by atoms with Gasteiger partial charge in [-0.1, -0.05) is 77.9 Å². The van der Waals surface area contributed by atoms with Gasteiger partial charge in [-0.3, -0.25) is 9.69 Å². The lowest BCUT2D eigenvalue weighted by atomic mass is 9.81. The van der Waals surface area contributed by atoms with Crippen LogP contribution in [-0.4, -0.2) is 23.8 Å². The summed E-state index contributed by atoms with van der Waals surface area (Å²) in [6, 6.07) is 24.1. The van der Waals surface area contributed by atoms with E-state index in [0.29, 0.717) is 0 Å². The minimum absolute atomic E-state index is 0.145. The molecule has 0 spiro atoms. The summed E-state index contributed by atoms with van der Waals surface area (Å²) in [6.07, 6.45) is 0. The van der Waals surface area contributed by atoms with E-state index in [1.807, 2.05) is 42.5 Å². The molecule has 3 aromatic carbocycles. The minimum atomic E-state index is -1.16. The zero-order chi connectivity index (χ0) is 19.9. The lowest BCUT2D eigenvalue weighted by Gasteiger charge is -2.26. The van der Waals surface area contributed by atoms with Gasteiger partial charge in [0.2, 0.25) is 0 Å². The van der Waals surface area contributed by atoms with Gasteiger partial charge in [0, 0.05) is 7.05 Å². The summed E-state index contributed by atoms with van der Waals surface area (Å²) in [5, 5.41) is 0. The van der Waals surface area contributed by atoms with Crippen molar-refractivity contribution in [2.45, 2.75) is 19.4 Å². The summed E-state index contributed by atoms with van der Waals surface area (Å²) in [6.45, 7) is 4.18. The topological polar surface area (TPSA) is 58.7 Å². The molecule has 1 aliphatic heterocycles. The number of amides is 1. The smallest absolute Gasteiger partial charge is 0.266 e. The van der Waals surface area contributed by atoms with Crippen LogP contribution < -0.4 is 5.73 Å². The number of rotatable bonds is 3. The van der Waals surface area contributed by atoms with Crippen LogP contribution in [0.3, 0.4) is 0 Å². The van der Waals surface area contributed by atoms with Gasteiger partial charge in [0.15, 0.2) is 11.5 Å². The first-order valence-corrected chi connectivity index (χ1v) is 9.30. The summed E-state index contributed by atoms with van der Waals surface area (Å²) in [5.41, 5.74) is 11.1. The Bertz CT molecular complexity index is 1070. The van der Waals surface area contributed by atoms with Crippen LogP contribution in [0.4, 0.5) is 0 Å². The number of nitrogens with zero attached hydrogens (tertiary/aromatic N) is 2. The predicted octanol–water partition coefficient (Wildman–Crippen LogP) is 4.00. The van der Waals surface area contributed by atoms with E-state index < -0.39 is 5.54 Å². The summed E-state index contributed by atoms with van der Waals surface area (Å²) in [4.78, 5) is 19.4. The molecule has 1 atom stereocenters. The first-order valence-electron chi connectivity index (χ1n) is 9.30. The molecule has 0 bridgehead atoms. The number of hydrogen-bond acceptors (Lipinski definition) is 3. The molecular formula is C24H23N3O. The molecule has 1 amide bonds. The lowest BCUT2D eigenvalue weighted by Crippen LogP contribution is -2.41. The van der Waals surface area contributed by atoms with Crippen molar-refractivity contribution in [2.75, 3.05) is 7.05 Å². The Labute approximate surface area is 165 Å². The van der Waals surface area contributed by atoms with E-state index in [1.54, 1.807) is 7.05 Å². The van der Waals surface area contributed by atoms with Crippen molar-refractivity contribution >= 4 is 11.9 Å². The third-order valence-corrected chi connectivity index (χ3v) is 5.27. The number of carbonyl (C=O) groups is 1. The second-order valence-corrected chi connectivity index (χ2v) is 7.37. The molecular weight excluding hydrogens is 346 g/mol. The number of benzene rings is 3. The quantitative estimate of drug-likeness (QED) is 0.759. The van der Waals surface area contributed by atoms with Gasteiger partial charge in [0.1, 0.15) is 0 Å². The number of aliphatic imine (C=N–C) groups is 1. The first-order chi connectivity index (χ1) is 13.4. The van der Waals surface area contributed by atoms with E-state index in [2.05, 4.69) is 49.2 Å². The molecule has 0 aliphatic carbocycles. The number of hydrogen-bond donors (Lipinski definition) is 1. The SMILES string of the molecule is Cc1cc(C)cc(-c2cccc(C3(c4ccccc4)N=C(N)N(C)C3=O)c2)c1. The van der Waals surface area contributed by atoms with E-state index in [9.17, 15) is 4.79 Å². The van der Waals surface area contributed by atoms with Gasteiger partial charge >= 0.3 is 0 Å². The van der Waals surface area contributed by atoms with Gasteiger partial charge in [0.25, 0.3) is 5.91 Å². The molecule has 0 fully saturated rings. The molecule has 28 heavy (non-hydrogen) atoms. The van der Waals surface area contributed by atoms with Crippen molar-refractivity contribution in [1.29, 1.82) is 0 Å². The number of likely N-dealkylation sites (N-methyl/N-ethyl adjacent to an activating group) is 1. The van der Waals surface area contributed by atoms with Crippen LogP contribution in [0.25, 0.3) is 11.1 Å². The third-order valence-electron chi connectivity index (χ3n) is 5.27. The molecule has 1 aliphatic rings. The van der Waals surface area contributed by atoms with E-state index in [0.717, 1.165) is 22.3 Å². The fraction of sp³-hybridized carbons (Fsp3) is 0.167. The highest BCUT2D eigenvalue weighted by Gasteiger charge is 2.49. The Morgan fingerprint density at radius 3 is 2.07 bits per heavy atom. The van der Waals surface area contributed by atoms with Crippen LogP contribution in [0, 0.1) is 13.8 Å². The van der Waals surface area contributed by atoms with Crippen LogP contribution in [-0.2, 0) is 10.3 Å². The Balaban J connectivity index is 1.93. The molecule has 0 saturated heterocycles. The largest absolute Gasteiger partial charge is 0.369 e. The summed E-state index contributed by atoms with van der Waals surface area (Å²) < 4.78 is 0. The fourth-order valence-electron chi connectivity index (χ4n) is 3.93. The Morgan fingerprint density at radius 1 is 0.821 bits per heavy atom. The molecule has 3 aromatic rings. The zero-order valence-corrected chi connectivity index (χ0v) is 16.3. The summed E-state index contributed by atoms with van der Waals surface area (Å²) in [7, 11) is 1.67. The Morgan fingerprint density at radius 2 is 1.46 bits per heavy atom. The van der Waals surface area contributed by atoms with E-state index in [4.69, 9.17) is 5.73 Å². The van der Waals surface area contributed by atoms with Crippen LogP contribution in [0.15, 0.2) is 77.8 Å². The number of nitrogens with two attached hydrogens (primary N) is 1. The molecule has 0 radical (unpaired) electrons. The van der Waals surface area contributed by atoms with Gasteiger partial charge in [-0.15, -0.1) is 0 Å². The molecule has 0 aromatic heterocycles. The highest BCUT2D eigenvalue weighted by atomic mass is 16.2. The van der Waals surface area contributed by atoms with Crippen molar-refractivity contribution in [3.8, 4) is 11.1 Å². The van der Waals surface area contributed by atoms with Gasteiger partial charge in [-0.05, 0) is 42.2 Å². The minimum Gasteiger partial charge on any atom is -0.369 e. The second-order valence-electron chi connectivity index (χ2n) is 7.37. The Kier molecular flexibility index (Phi) is 4.27. The monoisotopic (exact) mass is 369 g/mol.